The van der Waals surface area contributed by atoms with Crippen LogP contribution in [0.15, 0.2) is 12.4 Å². The third-order valence-corrected chi connectivity index (χ3v) is 2.64. The summed E-state index contributed by atoms with van der Waals surface area (Å²) >= 11 is 0. The highest BCUT2D eigenvalue weighted by molar-refractivity contribution is 5.00. The summed E-state index contributed by atoms with van der Waals surface area (Å²) in [6, 6.07) is 0. The standard InChI is InChI=1S/C12H22N4/c1-4-16(5-2)7-6-13-9-12-10-14-11(3)8-15-12/h8,10,13H,4-7,9H2,1-3H3. The van der Waals surface area contributed by atoms with Gasteiger partial charge in [0.25, 0.3) is 0 Å². The van der Waals surface area contributed by atoms with Gasteiger partial charge in [0.15, 0.2) is 0 Å². The maximum absolute atomic E-state index is 4.30. The van der Waals surface area contributed by atoms with Gasteiger partial charge in [-0.05, 0) is 20.0 Å². The summed E-state index contributed by atoms with van der Waals surface area (Å²) in [5, 5.41) is 3.38. The van der Waals surface area contributed by atoms with E-state index >= 15 is 0 Å². The lowest BCUT2D eigenvalue weighted by atomic mass is 10.4. The zero-order valence-corrected chi connectivity index (χ0v) is 10.5. The Kier molecular flexibility index (Phi) is 5.96. The third kappa shape index (κ3) is 4.68. The fraction of sp³-hybridized carbons (Fsp3) is 0.667. The molecule has 1 N–H and O–H groups in total. The normalized spacial score (nSPS) is 11.0. The average molecular weight is 222 g/mol. The Labute approximate surface area is 98.1 Å². The molecule has 4 heteroatoms. The number of nitrogens with one attached hydrogen (secondary N) is 1. The highest BCUT2D eigenvalue weighted by atomic mass is 15.1. The van der Waals surface area contributed by atoms with Crippen LogP contribution in [0.5, 0.6) is 0 Å². The van der Waals surface area contributed by atoms with E-state index in [1.165, 1.54) is 0 Å². The molecule has 90 valence electrons. The van der Waals surface area contributed by atoms with Gasteiger partial charge in [-0.3, -0.25) is 9.97 Å². The highest BCUT2D eigenvalue weighted by Gasteiger charge is 1.98. The van der Waals surface area contributed by atoms with E-state index in [1.807, 2.05) is 13.1 Å². The summed E-state index contributed by atoms with van der Waals surface area (Å²) in [6.07, 6.45) is 3.64. The minimum atomic E-state index is 0.800. The number of hydrogen-bond donors (Lipinski definition) is 1. The predicted molar refractivity (Wildman–Crippen MR) is 66.3 cm³/mol. The minimum Gasteiger partial charge on any atom is -0.310 e. The zero-order chi connectivity index (χ0) is 11.8. The summed E-state index contributed by atoms with van der Waals surface area (Å²) in [4.78, 5) is 10.9. The summed E-state index contributed by atoms with van der Waals surface area (Å²) in [5.74, 6) is 0. The van der Waals surface area contributed by atoms with Crippen molar-refractivity contribution in [2.75, 3.05) is 26.2 Å². The Balaban J connectivity index is 2.18. The molecule has 1 rings (SSSR count). The Morgan fingerprint density at radius 2 is 1.94 bits per heavy atom. The molecule has 0 amide bonds. The number of likely N-dealkylation sites (N-methyl/N-ethyl adjacent to an activating group) is 1. The van der Waals surface area contributed by atoms with Crippen LogP contribution in [0.2, 0.25) is 0 Å². The fourth-order valence-corrected chi connectivity index (χ4v) is 1.50. The van der Waals surface area contributed by atoms with Crippen molar-refractivity contribution in [3.63, 3.8) is 0 Å². The summed E-state index contributed by atoms with van der Waals surface area (Å²) in [7, 11) is 0. The molecule has 1 aromatic rings. The van der Waals surface area contributed by atoms with Crippen LogP contribution in [-0.2, 0) is 6.54 Å². The molecule has 0 aliphatic rings. The second-order valence-corrected chi connectivity index (χ2v) is 3.85. The monoisotopic (exact) mass is 222 g/mol. The first-order chi connectivity index (χ1) is 7.76. The van der Waals surface area contributed by atoms with Gasteiger partial charge >= 0.3 is 0 Å². The maximum atomic E-state index is 4.30. The van der Waals surface area contributed by atoms with E-state index in [-0.39, 0.29) is 0 Å². The largest absolute Gasteiger partial charge is 0.310 e. The molecule has 1 heterocycles. The van der Waals surface area contributed by atoms with Crippen LogP contribution in [0.4, 0.5) is 0 Å². The van der Waals surface area contributed by atoms with E-state index in [0.29, 0.717) is 0 Å². The number of hydrogen-bond acceptors (Lipinski definition) is 4. The summed E-state index contributed by atoms with van der Waals surface area (Å²) in [5.41, 5.74) is 1.97. The van der Waals surface area contributed by atoms with Gasteiger partial charge in [-0.1, -0.05) is 13.8 Å². The lowest BCUT2D eigenvalue weighted by Gasteiger charge is -2.17. The highest BCUT2D eigenvalue weighted by Crippen LogP contribution is 1.93. The van der Waals surface area contributed by atoms with E-state index in [9.17, 15) is 0 Å². The Morgan fingerprint density at radius 1 is 1.19 bits per heavy atom. The smallest absolute Gasteiger partial charge is 0.0724 e. The van der Waals surface area contributed by atoms with Gasteiger partial charge in [0, 0.05) is 32.0 Å². The summed E-state index contributed by atoms with van der Waals surface area (Å²) < 4.78 is 0. The molecule has 4 nitrogen and oxygen atoms in total. The van der Waals surface area contributed by atoms with Crippen LogP contribution < -0.4 is 5.32 Å². The lowest BCUT2D eigenvalue weighted by molar-refractivity contribution is 0.302. The number of nitrogens with zero attached hydrogens (tertiary/aromatic N) is 3. The molecule has 0 fully saturated rings. The van der Waals surface area contributed by atoms with Gasteiger partial charge in [0.1, 0.15) is 0 Å². The van der Waals surface area contributed by atoms with E-state index in [2.05, 4.69) is 34.0 Å². The SMILES string of the molecule is CCN(CC)CCNCc1cnc(C)cn1. The van der Waals surface area contributed by atoms with Crippen LogP contribution >= 0.6 is 0 Å². The molecule has 0 saturated heterocycles. The topological polar surface area (TPSA) is 41.0 Å². The second-order valence-electron chi connectivity index (χ2n) is 3.85. The first-order valence-corrected chi connectivity index (χ1v) is 5.96. The van der Waals surface area contributed by atoms with Crippen LogP contribution in [0.25, 0.3) is 0 Å². The molecule has 0 aromatic carbocycles. The second kappa shape index (κ2) is 7.30. The molecule has 16 heavy (non-hydrogen) atoms. The van der Waals surface area contributed by atoms with Gasteiger partial charge in [-0.15, -0.1) is 0 Å². The van der Waals surface area contributed by atoms with Crippen molar-refractivity contribution in [1.29, 1.82) is 0 Å². The van der Waals surface area contributed by atoms with E-state index in [4.69, 9.17) is 0 Å². The van der Waals surface area contributed by atoms with Gasteiger partial charge in [0.05, 0.1) is 11.4 Å². The fourth-order valence-electron chi connectivity index (χ4n) is 1.50. The van der Waals surface area contributed by atoms with E-state index in [1.54, 1.807) is 6.20 Å². The quantitative estimate of drug-likeness (QED) is 0.704. The van der Waals surface area contributed by atoms with Crippen molar-refractivity contribution < 1.29 is 0 Å². The van der Waals surface area contributed by atoms with Crippen molar-refractivity contribution in [2.24, 2.45) is 0 Å². The Morgan fingerprint density at radius 3 is 2.50 bits per heavy atom. The average Bonchev–Trinajstić information content (AvgIpc) is 2.32. The molecule has 0 radical (unpaired) electrons. The van der Waals surface area contributed by atoms with Crippen LogP contribution in [0.1, 0.15) is 25.2 Å². The maximum Gasteiger partial charge on any atom is 0.0724 e. The van der Waals surface area contributed by atoms with Crippen molar-refractivity contribution in [3.8, 4) is 0 Å². The first-order valence-electron chi connectivity index (χ1n) is 5.96. The molecule has 0 atom stereocenters. The van der Waals surface area contributed by atoms with Crippen molar-refractivity contribution >= 4 is 0 Å². The summed E-state index contributed by atoms with van der Waals surface area (Å²) in [6.45, 7) is 11.4. The van der Waals surface area contributed by atoms with Gasteiger partial charge in [0.2, 0.25) is 0 Å². The van der Waals surface area contributed by atoms with Crippen molar-refractivity contribution in [1.82, 2.24) is 20.2 Å². The van der Waals surface area contributed by atoms with Gasteiger partial charge < -0.3 is 10.2 Å². The molecule has 0 spiro atoms. The van der Waals surface area contributed by atoms with Crippen LogP contribution in [-0.4, -0.2) is 41.0 Å². The molecule has 0 bridgehead atoms. The van der Waals surface area contributed by atoms with Gasteiger partial charge in [-0.2, -0.15) is 0 Å². The lowest BCUT2D eigenvalue weighted by Crippen LogP contribution is -2.31. The van der Waals surface area contributed by atoms with Gasteiger partial charge in [-0.25, -0.2) is 0 Å². The number of rotatable bonds is 7. The Bertz CT molecular complexity index is 280. The van der Waals surface area contributed by atoms with E-state index in [0.717, 1.165) is 44.1 Å². The van der Waals surface area contributed by atoms with E-state index < -0.39 is 0 Å². The van der Waals surface area contributed by atoms with Crippen LogP contribution in [0.3, 0.4) is 0 Å². The molecule has 0 saturated carbocycles. The Hall–Kier alpha value is -1.00. The molecular weight excluding hydrogens is 200 g/mol. The first kappa shape index (κ1) is 13.1. The third-order valence-electron chi connectivity index (χ3n) is 2.64. The van der Waals surface area contributed by atoms with Crippen LogP contribution in [0, 0.1) is 6.92 Å². The number of aromatic nitrogens is 2. The zero-order valence-electron chi connectivity index (χ0n) is 10.5. The molecule has 0 aliphatic heterocycles. The molecule has 0 aliphatic carbocycles. The predicted octanol–water partition coefficient (Wildman–Crippen LogP) is 1.22. The number of aryl methyl sites for hydroxylation is 1. The van der Waals surface area contributed by atoms with Crippen molar-refractivity contribution in [3.05, 3.63) is 23.8 Å². The molecular formula is C12H22N4. The minimum absolute atomic E-state index is 0.800. The molecule has 0 unspecified atom stereocenters. The van der Waals surface area contributed by atoms with Crippen molar-refractivity contribution in [2.45, 2.75) is 27.3 Å². The molecule has 1 aromatic heterocycles.